The highest BCUT2D eigenvalue weighted by atomic mass is 16.5. The zero-order chi connectivity index (χ0) is 18.5. The first-order valence-electron chi connectivity index (χ1n) is 7.40. The second kappa shape index (κ2) is 23.0. The smallest absolute Gasteiger partial charge is 0.303 e. The van der Waals surface area contributed by atoms with Gasteiger partial charge >= 0.3 is 11.9 Å². The van der Waals surface area contributed by atoms with Crippen molar-refractivity contribution < 1.29 is 45.0 Å². The van der Waals surface area contributed by atoms with E-state index in [9.17, 15) is 9.59 Å². The van der Waals surface area contributed by atoms with E-state index in [-0.39, 0.29) is 26.1 Å². The molecule has 0 bridgehead atoms. The molecule has 0 aromatic rings. The highest BCUT2D eigenvalue weighted by Crippen LogP contribution is 1.98. The van der Waals surface area contributed by atoms with E-state index in [0.717, 1.165) is 6.42 Å². The van der Waals surface area contributed by atoms with Crippen LogP contribution in [0.25, 0.3) is 0 Å². The zero-order valence-electron chi connectivity index (χ0n) is 13.6. The molecule has 0 heterocycles. The van der Waals surface area contributed by atoms with E-state index in [1.807, 2.05) is 6.92 Å². The largest absolute Gasteiger partial charge is 0.481 e. The quantitative estimate of drug-likeness (QED) is 0.220. The Morgan fingerprint density at radius 2 is 1.30 bits per heavy atom. The Bertz CT molecular complexity index is 237. The van der Waals surface area contributed by atoms with E-state index in [1.165, 1.54) is 0 Å². The van der Waals surface area contributed by atoms with Crippen LogP contribution < -0.4 is 0 Å². The van der Waals surface area contributed by atoms with Gasteiger partial charge in [-0.05, 0) is 19.3 Å². The second-order valence-corrected chi connectivity index (χ2v) is 4.32. The summed E-state index contributed by atoms with van der Waals surface area (Å²) in [7, 11) is 0. The molecule has 0 saturated carbocycles. The normalized spacial score (nSPS) is 9.48. The van der Waals surface area contributed by atoms with Crippen molar-refractivity contribution in [3.8, 4) is 0 Å². The summed E-state index contributed by atoms with van der Waals surface area (Å²) in [5.74, 6) is -1.74. The molecule has 0 radical (unpaired) electrons. The average Bonchev–Trinajstić information content (AvgIpc) is 2.45. The van der Waals surface area contributed by atoms with Crippen molar-refractivity contribution in [1.82, 2.24) is 0 Å². The Kier molecular flexibility index (Phi) is 26.6. The first-order valence-corrected chi connectivity index (χ1v) is 7.40. The van der Waals surface area contributed by atoms with Crippen LogP contribution in [0.1, 0.15) is 45.4 Å². The van der Waals surface area contributed by atoms with Crippen LogP contribution in [-0.4, -0.2) is 75.3 Å². The van der Waals surface area contributed by atoms with Crippen molar-refractivity contribution in [2.45, 2.75) is 51.7 Å². The molecule has 0 saturated heterocycles. The number of hydrogen-bond donors (Lipinski definition) is 6. The number of carbonyl (C=O) groups is 2. The third kappa shape index (κ3) is 44.9. The summed E-state index contributed by atoms with van der Waals surface area (Å²) in [6, 6.07) is 0. The number of rotatable bonds is 11. The Hall–Kier alpha value is -1.26. The third-order valence-corrected chi connectivity index (χ3v) is 2.05. The van der Waals surface area contributed by atoms with Crippen LogP contribution in [0.15, 0.2) is 0 Å². The van der Waals surface area contributed by atoms with Crippen LogP contribution in [0, 0.1) is 0 Å². The van der Waals surface area contributed by atoms with Gasteiger partial charge in [-0.2, -0.15) is 0 Å². The van der Waals surface area contributed by atoms with E-state index >= 15 is 0 Å². The van der Waals surface area contributed by atoms with Crippen LogP contribution in [-0.2, 0) is 14.3 Å². The van der Waals surface area contributed by atoms with Gasteiger partial charge in [0.1, 0.15) is 0 Å². The van der Waals surface area contributed by atoms with Crippen LogP contribution in [0.2, 0.25) is 0 Å². The lowest BCUT2D eigenvalue weighted by Crippen LogP contribution is -2.03. The minimum absolute atomic E-state index is 0.0278. The van der Waals surface area contributed by atoms with E-state index in [0.29, 0.717) is 32.5 Å². The molecular formula is C14H30O9. The molecule has 0 spiro atoms. The first kappa shape index (κ1) is 26.6. The highest BCUT2D eigenvalue weighted by molar-refractivity contribution is 5.67. The maximum atomic E-state index is 9.90. The van der Waals surface area contributed by atoms with Gasteiger partial charge in [0.25, 0.3) is 0 Å². The fourth-order valence-corrected chi connectivity index (χ4v) is 1.04. The van der Waals surface area contributed by atoms with Gasteiger partial charge < -0.3 is 35.4 Å². The lowest BCUT2D eigenvalue weighted by atomic mass is 10.2. The Morgan fingerprint density at radius 1 is 0.913 bits per heavy atom. The van der Waals surface area contributed by atoms with E-state index in [1.54, 1.807) is 0 Å². The summed E-state index contributed by atoms with van der Waals surface area (Å²) in [5, 5.41) is 48.7. The number of hydrogen-bond acceptors (Lipinski definition) is 7. The fourth-order valence-electron chi connectivity index (χ4n) is 1.04. The second-order valence-electron chi connectivity index (χ2n) is 4.32. The van der Waals surface area contributed by atoms with Gasteiger partial charge in [0.05, 0.1) is 26.4 Å². The molecule has 0 aliphatic rings. The molecule has 0 unspecified atom stereocenters. The molecule has 0 aliphatic heterocycles. The molecule has 6 N–H and O–H groups in total. The molecule has 0 amide bonds. The standard InChI is InChI=1S/C6H10O4.C4H10O3.C4H10O2/c7-5(8)3-1-2-4-6(9)10;5-1-3-7-4-2-6;1-2-3-4(5)6/h1-4H2,(H,7,8)(H,9,10);5-6H,1-4H2;4-6H,2-3H2,1H3. The zero-order valence-corrected chi connectivity index (χ0v) is 13.6. The lowest BCUT2D eigenvalue weighted by molar-refractivity contribution is -0.139. The van der Waals surface area contributed by atoms with Crippen molar-refractivity contribution in [3.05, 3.63) is 0 Å². The lowest BCUT2D eigenvalue weighted by Gasteiger charge is -1.94. The van der Waals surface area contributed by atoms with Crippen molar-refractivity contribution >= 4 is 11.9 Å². The van der Waals surface area contributed by atoms with Crippen molar-refractivity contribution in [2.75, 3.05) is 26.4 Å². The first-order chi connectivity index (χ1) is 10.8. The summed E-state index contributed by atoms with van der Waals surface area (Å²) in [4.78, 5) is 19.8. The Morgan fingerprint density at radius 3 is 1.48 bits per heavy atom. The minimum Gasteiger partial charge on any atom is -0.481 e. The predicted molar refractivity (Wildman–Crippen MR) is 81.9 cm³/mol. The molecule has 140 valence electrons. The summed E-state index contributed by atoms with van der Waals surface area (Å²) < 4.78 is 4.63. The number of carboxylic acids is 2. The molecule has 0 aliphatic carbocycles. The topological polar surface area (TPSA) is 165 Å². The van der Waals surface area contributed by atoms with Crippen LogP contribution in [0.5, 0.6) is 0 Å². The van der Waals surface area contributed by atoms with Gasteiger partial charge in [-0.3, -0.25) is 9.59 Å². The van der Waals surface area contributed by atoms with E-state index < -0.39 is 18.2 Å². The number of aliphatic hydroxyl groups is 4. The molecule has 0 atom stereocenters. The fraction of sp³-hybridized carbons (Fsp3) is 0.857. The molecule has 0 rings (SSSR count). The number of aliphatic carboxylic acids is 2. The molecule has 0 aromatic carbocycles. The summed E-state index contributed by atoms with van der Waals surface area (Å²) in [6.07, 6.45) is 1.23. The third-order valence-electron chi connectivity index (χ3n) is 2.05. The Labute approximate surface area is 136 Å². The predicted octanol–water partition coefficient (Wildman–Crippen LogP) is -0.199. The molecule has 0 fully saturated rings. The highest BCUT2D eigenvalue weighted by Gasteiger charge is 1.99. The maximum absolute atomic E-state index is 9.90. The van der Waals surface area contributed by atoms with Crippen molar-refractivity contribution in [1.29, 1.82) is 0 Å². The van der Waals surface area contributed by atoms with Gasteiger partial charge in [0.15, 0.2) is 6.29 Å². The number of aliphatic hydroxyl groups excluding tert-OH is 3. The summed E-state index contributed by atoms with van der Waals surface area (Å²) in [5.41, 5.74) is 0. The van der Waals surface area contributed by atoms with E-state index in [2.05, 4.69) is 4.74 Å². The monoisotopic (exact) mass is 342 g/mol. The number of unbranched alkanes of at least 4 members (excludes halogenated alkanes) is 1. The van der Waals surface area contributed by atoms with Gasteiger partial charge in [-0.15, -0.1) is 0 Å². The molecule has 9 heteroatoms. The number of carboxylic acid groups (broad SMARTS) is 2. The average molecular weight is 342 g/mol. The molecular weight excluding hydrogens is 312 g/mol. The molecule has 23 heavy (non-hydrogen) atoms. The number of ether oxygens (including phenoxy) is 1. The van der Waals surface area contributed by atoms with Crippen LogP contribution in [0.3, 0.4) is 0 Å². The molecule has 9 nitrogen and oxygen atoms in total. The minimum atomic E-state index is -1.10. The summed E-state index contributed by atoms with van der Waals surface area (Å²) in [6.45, 7) is 2.60. The van der Waals surface area contributed by atoms with E-state index in [4.69, 9.17) is 30.6 Å². The maximum Gasteiger partial charge on any atom is 0.303 e. The van der Waals surface area contributed by atoms with Crippen LogP contribution >= 0.6 is 0 Å². The van der Waals surface area contributed by atoms with Gasteiger partial charge in [-0.25, -0.2) is 0 Å². The molecule has 0 aromatic heterocycles. The van der Waals surface area contributed by atoms with Crippen molar-refractivity contribution in [3.63, 3.8) is 0 Å². The van der Waals surface area contributed by atoms with Gasteiger partial charge in [0.2, 0.25) is 0 Å². The van der Waals surface area contributed by atoms with Crippen molar-refractivity contribution in [2.24, 2.45) is 0 Å². The SMILES string of the molecule is CCCC(O)O.O=C(O)CCCCC(=O)O.OCCOCCO. The van der Waals surface area contributed by atoms with Gasteiger partial charge in [0, 0.05) is 12.8 Å². The summed E-state index contributed by atoms with van der Waals surface area (Å²) >= 11 is 0. The van der Waals surface area contributed by atoms with Crippen LogP contribution in [0.4, 0.5) is 0 Å². The Balaban J connectivity index is -0.000000272. The van der Waals surface area contributed by atoms with Gasteiger partial charge in [-0.1, -0.05) is 13.3 Å².